The summed E-state index contributed by atoms with van der Waals surface area (Å²) in [6.45, 7) is 4.11. The number of halogens is 1. The van der Waals surface area contributed by atoms with Crippen LogP contribution in [-0.4, -0.2) is 22.8 Å². The molecule has 1 fully saturated rings. The summed E-state index contributed by atoms with van der Waals surface area (Å²) in [6, 6.07) is 17.4. The van der Waals surface area contributed by atoms with Gasteiger partial charge < -0.3 is 14.6 Å². The maximum Gasteiger partial charge on any atom is 0.264 e. The van der Waals surface area contributed by atoms with Gasteiger partial charge in [-0.15, -0.1) is 0 Å². The molecule has 0 atom stereocenters. The molecule has 4 rings (SSSR count). The van der Waals surface area contributed by atoms with Crippen molar-refractivity contribution < 1.29 is 9.53 Å². The zero-order valence-electron chi connectivity index (χ0n) is 16.8. The van der Waals surface area contributed by atoms with E-state index in [0.717, 1.165) is 22.6 Å². The number of nitrogens with one attached hydrogen (secondary N) is 1. The fourth-order valence-corrected chi connectivity index (χ4v) is 4.38. The van der Waals surface area contributed by atoms with Gasteiger partial charge in [0.1, 0.15) is 11.4 Å². The van der Waals surface area contributed by atoms with E-state index >= 15 is 0 Å². The van der Waals surface area contributed by atoms with E-state index in [9.17, 15) is 4.79 Å². The Bertz CT molecular complexity index is 1180. The SMILES string of the molecule is COc1ccc(Cl)cc1N=C1NC(=O)/C(=C/c2cc(C)n(-c3ccccc3)c2C)S1. The lowest BCUT2D eigenvalue weighted by molar-refractivity contribution is -0.115. The first kappa shape index (κ1) is 20.3. The van der Waals surface area contributed by atoms with Gasteiger partial charge in [-0.1, -0.05) is 29.8 Å². The predicted molar refractivity (Wildman–Crippen MR) is 124 cm³/mol. The Morgan fingerprint density at radius 2 is 1.90 bits per heavy atom. The van der Waals surface area contributed by atoms with Gasteiger partial charge in [0.25, 0.3) is 5.91 Å². The van der Waals surface area contributed by atoms with Gasteiger partial charge in [-0.25, -0.2) is 4.99 Å². The smallest absolute Gasteiger partial charge is 0.264 e. The molecule has 0 aliphatic carbocycles. The summed E-state index contributed by atoms with van der Waals surface area (Å²) in [5, 5.41) is 3.86. The molecule has 0 unspecified atom stereocenters. The van der Waals surface area contributed by atoms with Crippen LogP contribution in [0.4, 0.5) is 5.69 Å². The van der Waals surface area contributed by atoms with Crippen molar-refractivity contribution in [3.63, 3.8) is 0 Å². The highest BCUT2D eigenvalue weighted by Crippen LogP contribution is 2.34. The molecular weight excluding hydrogens is 418 g/mol. The number of aromatic nitrogens is 1. The lowest BCUT2D eigenvalue weighted by atomic mass is 10.2. The maximum absolute atomic E-state index is 12.5. The number of thioether (sulfide) groups is 1. The van der Waals surface area contributed by atoms with Crippen molar-refractivity contribution in [3.05, 3.63) is 81.5 Å². The first-order valence-electron chi connectivity index (χ1n) is 9.34. The number of para-hydroxylation sites is 1. The summed E-state index contributed by atoms with van der Waals surface area (Å²) >= 11 is 7.37. The number of ether oxygens (including phenoxy) is 1. The molecule has 1 aliphatic heterocycles. The average Bonchev–Trinajstić information content (AvgIpc) is 3.21. The van der Waals surface area contributed by atoms with Gasteiger partial charge in [0, 0.05) is 22.1 Å². The number of amides is 1. The van der Waals surface area contributed by atoms with E-state index in [1.807, 2.05) is 24.3 Å². The number of benzene rings is 2. The standard InChI is InChI=1S/C23H20ClN3O2S/c1-14-11-16(15(2)27(14)18-7-5-4-6-8-18)12-21-22(28)26-23(30-21)25-19-13-17(24)9-10-20(19)29-3/h4-13H,1-3H3,(H,25,26,28)/b21-12-. The van der Waals surface area contributed by atoms with Crippen LogP contribution in [0.3, 0.4) is 0 Å². The second-order valence-corrected chi connectivity index (χ2v) is 8.26. The van der Waals surface area contributed by atoms with Crippen molar-refractivity contribution in [1.29, 1.82) is 0 Å². The quantitative estimate of drug-likeness (QED) is 0.537. The molecule has 2 aromatic carbocycles. The number of amidine groups is 1. The summed E-state index contributed by atoms with van der Waals surface area (Å²) in [6.07, 6.45) is 1.90. The lowest BCUT2D eigenvalue weighted by Gasteiger charge is -2.09. The van der Waals surface area contributed by atoms with Crippen molar-refractivity contribution in [3.8, 4) is 11.4 Å². The number of nitrogens with zero attached hydrogens (tertiary/aromatic N) is 2. The minimum absolute atomic E-state index is 0.177. The van der Waals surface area contributed by atoms with E-state index in [1.165, 1.54) is 11.8 Å². The summed E-state index contributed by atoms with van der Waals surface area (Å²) in [4.78, 5) is 17.6. The van der Waals surface area contributed by atoms with Crippen molar-refractivity contribution in [2.24, 2.45) is 4.99 Å². The third kappa shape index (κ3) is 4.01. The zero-order chi connectivity index (χ0) is 21.3. The first-order valence-corrected chi connectivity index (χ1v) is 10.5. The Labute approximate surface area is 184 Å². The first-order chi connectivity index (χ1) is 14.5. The molecule has 0 saturated carbocycles. The molecule has 1 aliphatic rings. The fraction of sp³-hybridized carbons (Fsp3) is 0.130. The Kier molecular flexibility index (Phi) is 5.70. The van der Waals surface area contributed by atoms with Gasteiger partial charge in [0.05, 0.1) is 12.0 Å². The van der Waals surface area contributed by atoms with Gasteiger partial charge in [0.15, 0.2) is 5.17 Å². The molecule has 1 saturated heterocycles. The molecule has 0 spiro atoms. The van der Waals surface area contributed by atoms with E-state index in [2.05, 4.69) is 46.9 Å². The number of carbonyl (C=O) groups excluding carboxylic acids is 1. The summed E-state index contributed by atoms with van der Waals surface area (Å²) < 4.78 is 7.50. The molecule has 0 radical (unpaired) electrons. The number of hydrogen-bond donors (Lipinski definition) is 1. The van der Waals surface area contributed by atoms with Gasteiger partial charge in [-0.05, 0) is 73.6 Å². The second kappa shape index (κ2) is 8.42. The monoisotopic (exact) mass is 437 g/mol. The molecule has 7 heteroatoms. The number of aryl methyl sites for hydroxylation is 1. The highest BCUT2D eigenvalue weighted by atomic mass is 35.5. The number of carbonyl (C=O) groups is 1. The van der Waals surface area contributed by atoms with Crippen LogP contribution in [0.1, 0.15) is 17.0 Å². The van der Waals surface area contributed by atoms with Crippen molar-refractivity contribution in [1.82, 2.24) is 9.88 Å². The zero-order valence-corrected chi connectivity index (χ0v) is 18.3. The molecular formula is C23H20ClN3O2S. The molecule has 2 heterocycles. The van der Waals surface area contributed by atoms with Gasteiger partial charge >= 0.3 is 0 Å². The van der Waals surface area contributed by atoms with Crippen molar-refractivity contribution in [2.75, 3.05) is 7.11 Å². The van der Waals surface area contributed by atoms with Crippen LogP contribution in [0.25, 0.3) is 11.8 Å². The number of methoxy groups -OCH3 is 1. The number of rotatable bonds is 4. The molecule has 152 valence electrons. The van der Waals surface area contributed by atoms with E-state index < -0.39 is 0 Å². The third-order valence-corrected chi connectivity index (χ3v) is 5.93. The van der Waals surface area contributed by atoms with Crippen LogP contribution in [0.15, 0.2) is 64.5 Å². The van der Waals surface area contributed by atoms with Crippen molar-refractivity contribution in [2.45, 2.75) is 13.8 Å². The van der Waals surface area contributed by atoms with Crippen LogP contribution < -0.4 is 10.1 Å². The van der Waals surface area contributed by atoms with E-state index in [4.69, 9.17) is 16.3 Å². The maximum atomic E-state index is 12.5. The molecule has 1 aromatic heterocycles. The molecule has 5 nitrogen and oxygen atoms in total. The predicted octanol–water partition coefficient (Wildman–Crippen LogP) is 5.65. The molecule has 0 bridgehead atoms. The topological polar surface area (TPSA) is 55.6 Å². The number of aliphatic imine (C=N–C) groups is 1. The Hall–Kier alpha value is -2.96. The summed E-state index contributed by atoms with van der Waals surface area (Å²) in [5.41, 5.74) is 4.83. The Morgan fingerprint density at radius 3 is 2.63 bits per heavy atom. The molecule has 30 heavy (non-hydrogen) atoms. The van der Waals surface area contributed by atoms with Crippen LogP contribution in [0.2, 0.25) is 5.02 Å². The second-order valence-electron chi connectivity index (χ2n) is 6.80. The van der Waals surface area contributed by atoms with Crippen LogP contribution >= 0.6 is 23.4 Å². The van der Waals surface area contributed by atoms with E-state index in [0.29, 0.717) is 26.5 Å². The van der Waals surface area contributed by atoms with Crippen molar-refractivity contribution >= 4 is 46.2 Å². The molecule has 1 amide bonds. The summed E-state index contributed by atoms with van der Waals surface area (Å²) in [5.74, 6) is 0.412. The van der Waals surface area contributed by atoms with Gasteiger partial charge in [-0.2, -0.15) is 0 Å². The largest absolute Gasteiger partial charge is 0.494 e. The van der Waals surface area contributed by atoms with E-state index in [1.54, 1.807) is 25.3 Å². The Morgan fingerprint density at radius 1 is 1.13 bits per heavy atom. The van der Waals surface area contributed by atoms with Gasteiger partial charge in [-0.3, -0.25) is 4.79 Å². The fourth-order valence-electron chi connectivity index (χ4n) is 3.39. The van der Waals surface area contributed by atoms with Crippen LogP contribution in [0, 0.1) is 13.8 Å². The molecule has 3 aromatic rings. The minimum atomic E-state index is -0.177. The lowest BCUT2D eigenvalue weighted by Crippen LogP contribution is -2.19. The average molecular weight is 438 g/mol. The summed E-state index contributed by atoms with van der Waals surface area (Å²) in [7, 11) is 1.57. The minimum Gasteiger partial charge on any atom is -0.494 e. The number of hydrogen-bond acceptors (Lipinski definition) is 4. The highest BCUT2D eigenvalue weighted by molar-refractivity contribution is 8.18. The van der Waals surface area contributed by atoms with Gasteiger partial charge in [0.2, 0.25) is 0 Å². The normalized spacial score (nSPS) is 16.3. The Balaban J connectivity index is 1.65. The van der Waals surface area contributed by atoms with Crippen LogP contribution in [0.5, 0.6) is 5.75 Å². The highest BCUT2D eigenvalue weighted by Gasteiger charge is 2.25. The van der Waals surface area contributed by atoms with E-state index in [-0.39, 0.29) is 5.91 Å². The van der Waals surface area contributed by atoms with Crippen LogP contribution in [-0.2, 0) is 4.79 Å². The molecule has 1 N–H and O–H groups in total. The third-order valence-electron chi connectivity index (χ3n) is 4.79.